The second kappa shape index (κ2) is 6.31. The van der Waals surface area contributed by atoms with Crippen LogP contribution in [0.15, 0.2) is 24.3 Å². The van der Waals surface area contributed by atoms with E-state index in [0.717, 1.165) is 6.07 Å². The van der Waals surface area contributed by atoms with Crippen molar-refractivity contribution in [1.29, 1.82) is 0 Å². The molecule has 1 aromatic rings. The molecule has 1 fully saturated rings. The number of carbonyl (C=O) groups excluding carboxylic acids is 1. The molecule has 0 radical (unpaired) electrons. The predicted molar refractivity (Wildman–Crippen MR) is 72.9 cm³/mol. The van der Waals surface area contributed by atoms with Gasteiger partial charge in [0.05, 0.1) is 17.3 Å². The van der Waals surface area contributed by atoms with Crippen molar-refractivity contribution in [3.63, 3.8) is 0 Å². The van der Waals surface area contributed by atoms with E-state index < -0.39 is 17.8 Å². The van der Waals surface area contributed by atoms with Crippen LogP contribution in [0.3, 0.4) is 0 Å². The molecular weight excluding hydrogens is 285 g/mol. The van der Waals surface area contributed by atoms with Gasteiger partial charge < -0.3 is 21.3 Å². The molecule has 0 saturated carbocycles. The lowest BCUT2D eigenvalue weighted by molar-refractivity contribution is -0.136. The fraction of sp³-hybridized carbons (Fsp3) is 0.462. The van der Waals surface area contributed by atoms with Crippen LogP contribution >= 0.6 is 0 Å². The van der Waals surface area contributed by atoms with Crippen molar-refractivity contribution in [3.05, 3.63) is 29.8 Å². The van der Waals surface area contributed by atoms with E-state index in [9.17, 15) is 18.0 Å². The van der Waals surface area contributed by atoms with Crippen LogP contribution in [0.25, 0.3) is 0 Å². The van der Waals surface area contributed by atoms with Crippen molar-refractivity contribution in [3.8, 4) is 0 Å². The first-order valence-corrected chi connectivity index (χ1v) is 6.58. The Morgan fingerprint density at radius 2 is 2.14 bits per heavy atom. The van der Waals surface area contributed by atoms with Gasteiger partial charge in [0.1, 0.15) is 0 Å². The molecule has 1 heterocycles. The minimum atomic E-state index is -4.51. The van der Waals surface area contributed by atoms with Crippen molar-refractivity contribution in [2.75, 3.05) is 31.5 Å². The highest BCUT2D eigenvalue weighted by atomic mass is 19.4. The van der Waals surface area contributed by atoms with Gasteiger partial charge >= 0.3 is 12.2 Å². The number of benzene rings is 1. The number of hydrogen-bond acceptors (Lipinski definition) is 3. The second-order valence-electron chi connectivity index (χ2n) is 4.76. The molecule has 0 spiro atoms. The van der Waals surface area contributed by atoms with E-state index in [-0.39, 0.29) is 18.3 Å². The minimum Gasteiger partial charge on any atom is -0.328 e. The zero-order valence-corrected chi connectivity index (χ0v) is 11.3. The van der Waals surface area contributed by atoms with Crippen molar-refractivity contribution in [2.24, 2.45) is 5.73 Å². The monoisotopic (exact) mass is 302 g/mol. The summed E-state index contributed by atoms with van der Waals surface area (Å²) in [6, 6.07) is 4.11. The molecule has 4 N–H and O–H groups in total. The van der Waals surface area contributed by atoms with Crippen LogP contribution in [-0.2, 0) is 6.18 Å². The molecule has 21 heavy (non-hydrogen) atoms. The molecule has 8 heteroatoms. The number of rotatable bonds is 2. The number of amides is 2. The third kappa shape index (κ3) is 3.64. The van der Waals surface area contributed by atoms with Crippen molar-refractivity contribution >= 4 is 11.7 Å². The lowest BCUT2D eigenvalue weighted by Gasteiger charge is -2.35. The summed E-state index contributed by atoms with van der Waals surface area (Å²) < 4.78 is 38.7. The van der Waals surface area contributed by atoms with E-state index >= 15 is 0 Å². The van der Waals surface area contributed by atoms with Crippen molar-refractivity contribution in [1.82, 2.24) is 10.2 Å². The van der Waals surface area contributed by atoms with Crippen LogP contribution in [0.1, 0.15) is 5.56 Å². The van der Waals surface area contributed by atoms with E-state index in [1.165, 1.54) is 23.1 Å². The number of alkyl halides is 3. The molecule has 2 amide bonds. The van der Waals surface area contributed by atoms with Gasteiger partial charge in [-0.25, -0.2) is 4.79 Å². The number of carbonyl (C=O) groups is 1. The Morgan fingerprint density at radius 1 is 1.43 bits per heavy atom. The molecule has 1 aromatic carbocycles. The molecular formula is C13H17F3N4O. The SMILES string of the molecule is NCC1CNCCN1C(=O)Nc1ccccc1C(F)(F)F. The van der Waals surface area contributed by atoms with Gasteiger partial charge in [0.25, 0.3) is 0 Å². The predicted octanol–water partition coefficient (Wildman–Crippen LogP) is 1.47. The summed E-state index contributed by atoms with van der Waals surface area (Å²) in [4.78, 5) is 13.6. The van der Waals surface area contributed by atoms with Gasteiger partial charge in [-0.15, -0.1) is 0 Å². The number of para-hydroxylation sites is 1. The third-order valence-electron chi connectivity index (χ3n) is 3.36. The van der Waals surface area contributed by atoms with E-state index in [4.69, 9.17) is 5.73 Å². The average molecular weight is 302 g/mol. The maximum Gasteiger partial charge on any atom is 0.418 e. The van der Waals surface area contributed by atoms with Crippen molar-refractivity contribution < 1.29 is 18.0 Å². The van der Waals surface area contributed by atoms with Gasteiger partial charge in [0, 0.05) is 26.2 Å². The van der Waals surface area contributed by atoms with Gasteiger partial charge in [0.15, 0.2) is 0 Å². The smallest absolute Gasteiger partial charge is 0.328 e. The molecule has 1 aliphatic rings. The maximum atomic E-state index is 12.9. The Labute approximate surface area is 120 Å². The standard InChI is InChI=1S/C13H17F3N4O/c14-13(15,16)10-3-1-2-4-11(10)19-12(21)20-6-5-18-8-9(20)7-17/h1-4,9,18H,5-8,17H2,(H,19,21). The molecule has 1 aliphatic heterocycles. The first kappa shape index (κ1) is 15.6. The van der Waals surface area contributed by atoms with Gasteiger partial charge in [0.2, 0.25) is 0 Å². The number of piperazine rings is 1. The first-order chi connectivity index (χ1) is 9.93. The zero-order valence-electron chi connectivity index (χ0n) is 11.3. The van der Waals surface area contributed by atoms with Crippen LogP contribution in [0.4, 0.5) is 23.7 Å². The second-order valence-corrected chi connectivity index (χ2v) is 4.76. The van der Waals surface area contributed by atoms with Crippen molar-refractivity contribution in [2.45, 2.75) is 12.2 Å². The average Bonchev–Trinajstić information content (AvgIpc) is 2.46. The number of nitrogens with two attached hydrogens (primary N) is 1. The van der Waals surface area contributed by atoms with Crippen LogP contribution in [0.5, 0.6) is 0 Å². The molecule has 1 atom stereocenters. The molecule has 2 rings (SSSR count). The Hall–Kier alpha value is -1.80. The Bertz CT molecular complexity index is 506. The highest BCUT2D eigenvalue weighted by Crippen LogP contribution is 2.34. The van der Waals surface area contributed by atoms with E-state index in [1.807, 2.05) is 0 Å². The normalized spacial score (nSPS) is 19.4. The van der Waals surface area contributed by atoms with Gasteiger partial charge in [-0.2, -0.15) is 13.2 Å². The number of anilines is 1. The quantitative estimate of drug-likeness (QED) is 0.775. The van der Waals surface area contributed by atoms with Crippen LogP contribution in [0, 0.1) is 0 Å². The summed E-state index contributed by atoms with van der Waals surface area (Å²) in [6.45, 7) is 1.78. The summed E-state index contributed by atoms with van der Waals surface area (Å²) >= 11 is 0. The van der Waals surface area contributed by atoms with Gasteiger partial charge in [-0.1, -0.05) is 12.1 Å². The molecule has 116 valence electrons. The number of nitrogens with zero attached hydrogens (tertiary/aromatic N) is 1. The fourth-order valence-corrected chi connectivity index (χ4v) is 2.27. The number of nitrogens with one attached hydrogen (secondary N) is 2. The molecule has 1 unspecified atom stereocenters. The van der Waals surface area contributed by atoms with E-state index in [1.54, 1.807) is 0 Å². The summed E-state index contributed by atoms with van der Waals surface area (Å²) in [7, 11) is 0. The highest BCUT2D eigenvalue weighted by molar-refractivity contribution is 5.90. The van der Waals surface area contributed by atoms with Crippen LogP contribution in [-0.4, -0.2) is 43.2 Å². The Kier molecular flexibility index (Phi) is 4.69. The third-order valence-corrected chi connectivity index (χ3v) is 3.36. The lowest BCUT2D eigenvalue weighted by Crippen LogP contribution is -2.57. The Morgan fingerprint density at radius 3 is 2.81 bits per heavy atom. The largest absolute Gasteiger partial charge is 0.418 e. The first-order valence-electron chi connectivity index (χ1n) is 6.58. The summed E-state index contributed by atoms with van der Waals surface area (Å²) in [5.41, 5.74) is 4.47. The summed E-state index contributed by atoms with van der Waals surface area (Å²) in [5.74, 6) is 0. The van der Waals surface area contributed by atoms with Crippen LogP contribution in [0.2, 0.25) is 0 Å². The fourth-order valence-electron chi connectivity index (χ4n) is 2.27. The van der Waals surface area contributed by atoms with E-state index in [0.29, 0.717) is 19.6 Å². The van der Waals surface area contributed by atoms with E-state index in [2.05, 4.69) is 10.6 Å². The molecule has 0 aliphatic carbocycles. The van der Waals surface area contributed by atoms with Gasteiger partial charge in [-0.3, -0.25) is 0 Å². The summed E-state index contributed by atoms with van der Waals surface area (Å²) in [6.07, 6.45) is -4.51. The molecule has 1 saturated heterocycles. The molecule has 0 aromatic heterocycles. The number of halogens is 3. The topological polar surface area (TPSA) is 70.4 Å². The van der Waals surface area contributed by atoms with Gasteiger partial charge in [-0.05, 0) is 12.1 Å². The van der Waals surface area contributed by atoms with Crippen LogP contribution < -0.4 is 16.4 Å². The minimum absolute atomic E-state index is 0.225. The molecule has 0 bridgehead atoms. The highest BCUT2D eigenvalue weighted by Gasteiger charge is 2.34. The molecule has 5 nitrogen and oxygen atoms in total. The Balaban J connectivity index is 2.16. The summed E-state index contributed by atoms with van der Waals surface area (Å²) in [5, 5.41) is 5.42. The number of hydrogen-bond donors (Lipinski definition) is 3. The lowest BCUT2D eigenvalue weighted by atomic mass is 10.1. The zero-order chi connectivity index (χ0) is 15.5. The maximum absolute atomic E-state index is 12.9. The number of urea groups is 1.